The van der Waals surface area contributed by atoms with E-state index in [1.165, 1.54) is 24.1 Å². The van der Waals surface area contributed by atoms with E-state index in [1.807, 2.05) is 52.0 Å². The third-order valence-corrected chi connectivity index (χ3v) is 7.31. The number of methoxy groups -OCH3 is 1. The van der Waals surface area contributed by atoms with Gasteiger partial charge in [0.1, 0.15) is 11.4 Å². The molecule has 0 bridgehead atoms. The molecule has 0 spiro atoms. The number of amides is 2. The van der Waals surface area contributed by atoms with E-state index in [0.29, 0.717) is 42.9 Å². The molecule has 3 aromatic carbocycles. The van der Waals surface area contributed by atoms with Crippen molar-refractivity contribution in [3.8, 4) is 11.1 Å². The van der Waals surface area contributed by atoms with Gasteiger partial charge in [0, 0.05) is 56.9 Å². The Kier molecular flexibility index (Phi) is 9.86. The molecule has 1 saturated heterocycles. The molecule has 0 N–H and O–H groups in total. The summed E-state index contributed by atoms with van der Waals surface area (Å²) < 4.78 is 25.4. The second-order valence-corrected chi connectivity index (χ2v) is 12.0. The van der Waals surface area contributed by atoms with Crippen molar-refractivity contribution in [2.75, 3.05) is 33.8 Å². The van der Waals surface area contributed by atoms with Gasteiger partial charge >= 0.3 is 12.1 Å². The van der Waals surface area contributed by atoms with Crippen LogP contribution in [-0.2, 0) is 22.6 Å². The standard InChI is InChI=1S/C34H40FN3O5/c1-23-20-37(15-16-38(23)33(41)43-34(2,3)4)22-24-9-7-10-26(17-24)29-18-25(13-14-30(29)35)21-36(5)31(39)27-11-8-12-28(19-27)32(40)42-6/h7-14,17-19,23H,15-16,20-22H2,1-6H3/t23-/m1/s1. The Hall–Kier alpha value is -4.24. The maximum Gasteiger partial charge on any atom is 0.410 e. The Morgan fingerprint density at radius 1 is 0.953 bits per heavy atom. The van der Waals surface area contributed by atoms with Gasteiger partial charge in [-0.3, -0.25) is 9.69 Å². The lowest BCUT2D eigenvalue weighted by Crippen LogP contribution is -2.54. The van der Waals surface area contributed by atoms with Gasteiger partial charge in [-0.15, -0.1) is 0 Å². The number of nitrogens with zero attached hydrogens (tertiary/aromatic N) is 3. The fourth-order valence-corrected chi connectivity index (χ4v) is 5.22. The van der Waals surface area contributed by atoms with Crippen LogP contribution in [0.25, 0.3) is 11.1 Å². The van der Waals surface area contributed by atoms with E-state index >= 15 is 4.39 Å². The third-order valence-electron chi connectivity index (χ3n) is 7.31. The van der Waals surface area contributed by atoms with Crippen molar-refractivity contribution in [3.63, 3.8) is 0 Å². The lowest BCUT2D eigenvalue weighted by molar-refractivity contribution is 0.000538. The van der Waals surface area contributed by atoms with Crippen LogP contribution in [0.1, 0.15) is 59.5 Å². The van der Waals surface area contributed by atoms with Crippen LogP contribution in [0.15, 0.2) is 66.7 Å². The van der Waals surface area contributed by atoms with Crippen LogP contribution in [0.2, 0.25) is 0 Å². The van der Waals surface area contributed by atoms with Crippen molar-refractivity contribution in [2.45, 2.75) is 52.4 Å². The van der Waals surface area contributed by atoms with E-state index in [9.17, 15) is 14.4 Å². The molecule has 1 heterocycles. The molecule has 3 aromatic rings. The molecule has 4 rings (SSSR count). The van der Waals surface area contributed by atoms with Crippen LogP contribution in [0, 0.1) is 5.82 Å². The largest absolute Gasteiger partial charge is 0.465 e. The SMILES string of the molecule is COC(=O)c1cccc(C(=O)N(C)Cc2ccc(F)c(-c3cccc(CN4CCN(C(=O)OC(C)(C)C)[C@H](C)C4)c3)c2)c1. The van der Waals surface area contributed by atoms with Crippen molar-refractivity contribution in [2.24, 2.45) is 0 Å². The van der Waals surface area contributed by atoms with E-state index in [4.69, 9.17) is 9.47 Å². The number of ether oxygens (including phenoxy) is 2. The highest BCUT2D eigenvalue weighted by Gasteiger charge is 2.30. The molecule has 1 fully saturated rings. The Bertz CT molecular complexity index is 1480. The van der Waals surface area contributed by atoms with Crippen molar-refractivity contribution >= 4 is 18.0 Å². The predicted octanol–water partition coefficient (Wildman–Crippen LogP) is 5.99. The van der Waals surface area contributed by atoms with Crippen LogP contribution in [0.4, 0.5) is 9.18 Å². The molecule has 0 radical (unpaired) electrons. The summed E-state index contributed by atoms with van der Waals surface area (Å²) >= 11 is 0. The van der Waals surface area contributed by atoms with Crippen molar-refractivity contribution in [1.82, 2.24) is 14.7 Å². The molecule has 228 valence electrons. The smallest absolute Gasteiger partial charge is 0.410 e. The summed E-state index contributed by atoms with van der Waals surface area (Å²) in [6, 6.07) is 19.0. The van der Waals surface area contributed by atoms with Gasteiger partial charge in [-0.25, -0.2) is 14.0 Å². The van der Waals surface area contributed by atoms with Crippen LogP contribution in [0.3, 0.4) is 0 Å². The van der Waals surface area contributed by atoms with Crippen molar-refractivity contribution in [1.29, 1.82) is 0 Å². The second kappa shape index (κ2) is 13.4. The number of carbonyl (C=O) groups is 3. The molecule has 0 aliphatic carbocycles. The summed E-state index contributed by atoms with van der Waals surface area (Å²) in [6.45, 7) is 10.5. The number of piperazine rings is 1. The summed E-state index contributed by atoms with van der Waals surface area (Å²) in [7, 11) is 2.96. The van der Waals surface area contributed by atoms with Gasteiger partial charge < -0.3 is 19.3 Å². The minimum absolute atomic E-state index is 0.00329. The third kappa shape index (κ3) is 8.20. The minimum atomic E-state index is -0.538. The molecule has 0 aromatic heterocycles. The van der Waals surface area contributed by atoms with Gasteiger partial charge in [0.2, 0.25) is 0 Å². The number of carbonyl (C=O) groups excluding carboxylic acids is 3. The fourth-order valence-electron chi connectivity index (χ4n) is 5.22. The molecule has 0 saturated carbocycles. The Labute approximate surface area is 253 Å². The first kappa shape index (κ1) is 31.7. The van der Waals surface area contributed by atoms with Gasteiger partial charge in [0.15, 0.2) is 0 Å². The normalized spacial score (nSPS) is 15.6. The Balaban J connectivity index is 1.43. The molecule has 0 unspecified atom stereocenters. The van der Waals surface area contributed by atoms with E-state index < -0.39 is 11.6 Å². The first-order chi connectivity index (χ1) is 20.3. The predicted molar refractivity (Wildman–Crippen MR) is 163 cm³/mol. The number of halogens is 1. The summed E-state index contributed by atoms with van der Waals surface area (Å²) in [5.41, 5.74) is 3.13. The highest BCUT2D eigenvalue weighted by molar-refractivity contribution is 5.97. The molecular weight excluding hydrogens is 549 g/mol. The zero-order valence-corrected chi connectivity index (χ0v) is 25.7. The molecule has 9 heteroatoms. The van der Waals surface area contributed by atoms with Crippen LogP contribution in [-0.4, -0.2) is 78.1 Å². The summed E-state index contributed by atoms with van der Waals surface area (Å²) in [5, 5.41) is 0. The number of hydrogen-bond donors (Lipinski definition) is 0. The first-order valence-corrected chi connectivity index (χ1v) is 14.4. The number of benzene rings is 3. The molecule has 43 heavy (non-hydrogen) atoms. The van der Waals surface area contributed by atoms with Crippen molar-refractivity contribution in [3.05, 3.63) is 94.8 Å². The second-order valence-electron chi connectivity index (χ2n) is 12.0. The van der Waals surface area contributed by atoms with E-state index in [-0.39, 0.29) is 30.4 Å². The van der Waals surface area contributed by atoms with Gasteiger partial charge in [0.25, 0.3) is 5.91 Å². The molecule has 1 aliphatic rings. The quantitative estimate of drug-likeness (QED) is 0.315. The van der Waals surface area contributed by atoms with Crippen LogP contribution < -0.4 is 0 Å². The average Bonchev–Trinajstić information content (AvgIpc) is 2.96. The van der Waals surface area contributed by atoms with Gasteiger partial charge in [0.05, 0.1) is 12.7 Å². The molecule has 1 aliphatic heterocycles. The highest BCUT2D eigenvalue weighted by atomic mass is 19.1. The summed E-state index contributed by atoms with van der Waals surface area (Å²) in [5.74, 6) is -1.12. The Morgan fingerprint density at radius 3 is 2.37 bits per heavy atom. The first-order valence-electron chi connectivity index (χ1n) is 14.4. The van der Waals surface area contributed by atoms with Crippen LogP contribution in [0.5, 0.6) is 0 Å². The Morgan fingerprint density at radius 2 is 1.67 bits per heavy atom. The lowest BCUT2D eigenvalue weighted by Gasteiger charge is -2.40. The number of rotatable bonds is 7. The highest BCUT2D eigenvalue weighted by Crippen LogP contribution is 2.27. The van der Waals surface area contributed by atoms with E-state index in [2.05, 4.69) is 4.90 Å². The summed E-state index contributed by atoms with van der Waals surface area (Å²) in [4.78, 5) is 43.1. The molecular formula is C34H40FN3O5. The monoisotopic (exact) mass is 589 g/mol. The topological polar surface area (TPSA) is 79.4 Å². The van der Waals surface area contributed by atoms with Gasteiger partial charge in [-0.1, -0.05) is 30.3 Å². The minimum Gasteiger partial charge on any atom is -0.465 e. The number of esters is 1. The fraction of sp³-hybridized carbons (Fsp3) is 0.382. The zero-order chi connectivity index (χ0) is 31.3. The number of hydrogen-bond acceptors (Lipinski definition) is 6. The average molecular weight is 590 g/mol. The maximum atomic E-state index is 15.1. The van der Waals surface area contributed by atoms with E-state index in [1.54, 1.807) is 42.3 Å². The van der Waals surface area contributed by atoms with Crippen molar-refractivity contribution < 1.29 is 28.2 Å². The maximum absolute atomic E-state index is 15.1. The molecule has 1 atom stereocenters. The van der Waals surface area contributed by atoms with Gasteiger partial charge in [-0.2, -0.15) is 0 Å². The van der Waals surface area contributed by atoms with E-state index in [0.717, 1.165) is 16.7 Å². The summed E-state index contributed by atoms with van der Waals surface area (Å²) in [6.07, 6.45) is -0.293. The molecule has 2 amide bonds. The zero-order valence-electron chi connectivity index (χ0n) is 25.7. The molecule has 8 nitrogen and oxygen atoms in total. The lowest BCUT2D eigenvalue weighted by atomic mass is 9.99. The van der Waals surface area contributed by atoms with Crippen LogP contribution >= 0.6 is 0 Å². The van der Waals surface area contributed by atoms with Gasteiger partial charge in [-0.05, 0) is 80.8 Å².